The van der Waals surface area contributed by atoms with Crippen LogP contribution >= 0.6 is 0 Å². The Hall–Kier alpha value is -3.74. The number of nitrogens with zero attached hydrogens (tertiary/aromatic N) is 1. The number of imide groups is 1. The van der Waals surface area contributed by atoms with E-state index in [4.69, 9.17) is 4.74 Å². The highest BCUT2D eigenvalue weighted by Gasteiger charge is 2.59. The van der Waals surface area contributed by atoms with Crippen molar-refractivity contribution in [2.24, 2.45) is 23.7 Å². The maximum Gasteiger partial charge on any atom is 0.338 e. The first kappa shape index (κ1) is 21.1. The summed E-state index contributed by atoms with van der Waals surface area (Å²) in [7, 11) is 0. The summed E-state index contributed by atoms with van der Waals surface area (Å²) in [6, 6.07) is 11.9. The van der Waals surface area contributed by atoms with Crippen LogP contribution in [0.3, 0.4) is 0 Å². The maximum absolute atomic E-state index is 13.0. The molecule has 7 nitrogen and oxygen atoms in total. The van der Waals surface area contributed by atoms with Crippen molar-refractivity contribution in [3.05, 3.63) is 71.3 Å². The fourth-order valence-corrected chi connectivity index (χ4v) is 5.20. The van der Waals surface area contributed by atoms with Crippen LogP contribution in [0.5, 0.6) is 0 Å². The van der Waals surface area contributed by atoms with Crippen molar-refractivity contribution < 1.29 is 23.9 Å². The van der Waals surface area contributed by atoms with Gasteiger partial charge in [-0.25, -0.2) is 9.69 Å². The molecule has 1 heterocycles. The van der Waals surface area contributed by atoms with E-state index >= 15 is 0 Å². The molecule has 5 rings (SSSR count). The number of aryl methyl sites for hydroxylation is 2. The number of ether oxygens (including phenoxy) is 1. The summed E-state index contributed by atoms with van der Waals surface area (Å²) >= 11 is 0. The summed E-state index contributed by atoms with van der Waals surface area (Å²) in [6.45, 7) is 3.35. The molecule has 168 valence electrons. The molecule has 0 unspecified atom stereocenters. The van der Waals surface area contributed by atoms with E-state index in [1.54, 1.807) is 12.1 Å². The molecule has 2 aromatic rings. The van der Waals surface area contributed by atoms with E-state index in [0.29, 0.717) is 11.4 Å². The molecular formula is C26H24N2O5. The highest BCUT2D eigenvalue weighted by atomic mass is 16.5. The van der Waals surface area contributed by atoms with Gasteiger partial charge >= 0.3 is 5.97 Å². The average molecular weight is 444 g/mol. The second-order valence-corrected chi connectivity index (χ2v) is 9.00. The monoisotopic (exact) mass is 444 g/mol. The van der Waals surface area contributed by atoms with E-state index in [2.05, 4.69) is 5.32 Å². The van der Waals surface area contributed by atoms with Crippen LogP contribution in [0.4, 0.5) is 11.4 Å². The van der Waals surface area contributed by atoms with Crippen LogP contribution in [0.15, 0.2) is 54.6 Å². The van der Waals surface area contributed by atoms with Crippen LogP contribution in [0.25, 0.3) is 0 Å². The van der Waals surface area contributed by atoms with Crippen LogP contribution in [0.2, 0.25) is 0 Å². The molecule has 2 bridgehead atoms. The van der Waals surface area contributed by atoms with Crippen molar-refractivity contribution in [2.75, 3.05) is 16.8 Å². The third kappa shape index (κ3) is 3.63. The lowest BCUT2D eigenvalue weighted by Gasteiger charge is -2.18. The van der Waals surface area contributed by atoms with Gasteiger partial charge in [0.05, 0.1) is 23.1 Å². The van der Waals surface area contributed by atoms with Gasteiger partial charge in [0.25, 0.3) is 5.91 Å². The van der Waals surface area contributed by atoms with Gasteiger partial charge in [-0.15, -0.1) is 0 Å². The first-order valence-corrected chi connectivity index (χ1v) is 11.0. The number of rotatable bonds is 5. The van der Waals surface area contributed by atoms with Gasteiger partial charge in [0.15, 0.2) is 6.61 Å². The Balaban J connectivity index is 1.25. The van der Waals surface area contributed by atoms with Crippen molar-refractivity contribution in [3.63, 3.8) is 0 Å². The van der Waals surface area contributed by atoms with Crippen LogP contribution in [0, 0.1) is 37.5 Å². The van der Waals surface area contributed by atoms with E-state index in [1.807, 2.05) is 44.2 Å². The summed E-state index contributed by atoms with van der Waals surface area (Å²) in [5.41, 5.74) is 3.10. The number of carbonyl (C=O) groups is 4. The number of anilines is 2. The molecule has 0 aromatic heterocycles. The third-order valence-corrected chi connectivity index (χ3v) is 6.81. The lowest BCUT2D eigenvalue weighted by Crippen LogP contribution is -2.33. The molecule has 0 radical (unpaired) electrons. The number of hydrogen-bond donors (Lipinski definition) is 1. The number of nitrogens with one attached hydrogen (secondary N) is 1. The highest BCUT2D eigenvalue weighted by Crippen LogP contribution is 2.53. The molecule has 33 heavy (non-hydrogen) atoms. The number of hydrogen-bond acceptors (Lipinski definition) is 5. The molecule has 7 heteroatoms. The minimum atomic E-state index is -0.700. The van der Waals surface area contributed by atoms with E-state index < -0.39 is 18.5 Å². The Morgan fingerprint density at radius 1 is 1.00 bits per heavy atom. The number of benzene rings is 2. The predicted molar refractivity (Wildman–Crippen MR) is 121 cm³/mol. The SMILES string of the molecule is Cc1ccc(C)c(NC(=O)COC(=O)c2cccc(N3C(=O)[C@H]4[C@H](C3=O)[C@H]3C=C[C@H]4C3)c2)c1. The Labute approximate surface area is 191 Å². The van der Waals surface area contributed by atoms with Crippen molar-refractivity contribution in [1.29, 1.82) is 0 Å². The minimum Gasteiger partial charge on any atom is -0.452 e. The molecule has 2 aromatic carbocycles. The maximum atomic E-state index is 13.0. The molecule has 0 spiro atoms. The average Bonchev–Trinajstić information content (AvgIpc) is 3.48. The quantitative estimate of drug-likeness (QED) is 0.433. The van der Waals surface area contributed by atoms with Crippen LogP contribution in [-0.2, 0) is 19.1 Å². The van der Waals surface area contributed by atoms with Gasteiger partial charge in [0.1, 0.15) is 0 Å². The smallest absolute Gasteiger partial charge is 0.338 e. The summed E-state index contributed by atoms with van der Waals surface area (Å²) in [6.07, 6.45) is 4.94. The number of allylic oxidation sites excluding steroid dienone is 2. The van der Waals surface area contributed by atoms with Gasteiger partial charge < -0.3 is 10.1 Å². The molecule has 4 atom stereocenters. The second-order valence-electron chi connectivity index (χ2n) is 9.00. The van der Waals surface area contributed by atoms with Gasteiger partial charge in [-0.05, 0) is 67.5 Å². The second kappa shape index (κ2) is 7.99. The standard InChI is InChI=1S/C26H24N2O5/c1-14-6-7-15(2)20(10-14)27-21(29)13-33-26(32)18-4-3-5-19(12-18)28-24(30)22-16-8-9-17(11-16)23(22)25(28)31/h3-10,12,16-17,22-23H,11,13H2,1-2H3,(H,27,29)/t16-,17-,22+,23+/m0/s1. The highest BCUT2D eigenvalue weighted by molar-refractivity contribution is 6.23. The Morgan fingerprint density at radius 3 is 2.39 bits per heavy atom. The summed E-state index contributed by atoms with van der Waals surface area (Å²) in [4.78, 5) is 52.0. The molecule has 1 N–H and O–H groups in total. The largest absolute Gasteiger partial charge is 0.452 e. The Bertz CT molecular complexity index is 1190. The van der Waals surface area contributed by atoms with E-state index in [-0.39, 0.29) is 41.0 Å². The fraction of sp³-hybridized carbons (Fsp3) is 0.308. The zero-order valence-corrected chi connectivity index (χ0v) is 18.4. The summed E-state index contributed by atoms with van der Waals surface area (Å²) in [5, 5.41) is 2.74. The third-order valence-electron chi connectivity index (χ3n) is 6.81. The van der Waals surface area contributed by atoms with E-state index in [9.17, 15) is 19.2 Å². The number of amides is 3. The van der Waals surface area contributed by atoms with Crippen LogP contribution < -0.4 is 10.2 Å². The van der Waals surface area contributed by atoms with Gasteiger partial charge in [0.2, 0.25) is 11.8 Å². The molecule has 3 aliphatic rings. The number of fused-ring (bicyclic) bond motifs is 5. The normalized spacial score (nSPS) is 24.8. The number of esters is 1. The topological polar surface area (TPSA) is 92.8 Å². The molecule has 1 aliphatic heterocycles. The lowest BCUT2D eigenvalue weighted by molar-refractivity contribution is -0.123. The van der Waals surface area contributed by atoms with E-state index in [1.165, 1.54) is 17.0 Å². The van der Waals surface area contributed by atoms with Crippen molar-refractivity contribution >= 4 is 35.1 Å². The molecule has 2 aliphatic carbocycles. The Kier molecular flexibility index (Phi) is 5.12. The van der Waals surface area contributed by atoms with Gasteiger partial charge in [-0.2, -0.15) is 0 Å². The predicted octanol–water partition coefficient (Wildman–Crippen LogP) is 3.41. The zero-order chi connectivity index (χ0) is 23.3. The summed E-state index contributed by atoms with van der Waals surface area (Å²) in [5.74, 6) is -1.95. The number of carbonyl (C=O) groups excluding carboxylic acids is 4. The molecular weight excluding hydrogens is 420 g/mol. The minimum absolute atomic E-state index is 0.116. The Morgan fingerprint density at radius 2 is 1.70 bits per heavy atom. The zero-order valence-electron chi connectivity index (χ0n) is 18.4. The first-order chi connectivity index (χ1) is 15.8. The van der Waals surface area contributed by atoms with Crippen molar-refractivity contribution in [1.82, 2.24) is 0 Å². The molecule has 2 fully saturated rings. The van der Waals surface area contributed by atoms with E-state index in [0.717, 1.165) is 17.5 Å². The molecule has 1 saturated heterocycles. The van der Waals surface area contributed by atoms with Gasteiger partial charge in [-0.1, -0.05) is 30.4 Å². The molecule has 1 saturated carbocycles. The van der Waals surface area contributed by atoms with Gasteiger partial charge in [0, 0.05) is 5.69 Å². The van der Waals surface area contributed by atoms with Crippen molar-refractivity contribution in [2.45, 2.75) is 20.3 Å². The lowest BCUT2D eigenvalue weighted by atomic mass is 9.85. The fourth-order valence-electron chi connectivity index (χ4n) is 5.20. The van der Waals surface area contributed by atoms with Crippen LogP contribution in [-0.4, -0.2) is 30.3 Å². The molecule has 3 amide bonds. The summed E-state index contributed by atoms with van der Waals surface area (Å²) < 4.78 is 5.17. The first-order valence-electron chi connectivity index (χ1n) is 11.0. The van der Waals surface area contributed by atoms with Crippen LogP contribution in [0.1, 0.15) is 27.9 Å². The van der Waals surface area contributed by atoms with Crippen molar-refractivity contribution in [3.8, 4) is 0 Å². The van der Waals surface area contributed by atoms with Gasteiger partial charge in [-0.3, -0.25) is 14.4 Å².